The highest BCUT2D eigenvalue weighted by molar-refractivity contribution is 4.98. The summed E-state index contributed by atoms with van der Waals surface area (Å²) < 4.78 is 0. The van der Waals surface area contributed by atoms with Crippen LogP contribution in [-0.4, -0.2) is 0 Å². The molecule has 0 bridgehead atoms. The molecule has 0 spiro atoms. The van der Waals surface area contributed by atoms with Crippen LogP contribution < -0.4 is 0 Å². The van der Waals surface area contributed by atoms with Crippen molar-refractivity contribution in [2.75, 3.05) is 0 Å². The topological polar surface area (TPSA) is 0 Å². The van der Waals surface area contributed by atoms with Gasteiger partial charge in [0, 0.05) is 0 Å². The van der Waals surface area contributed by atoms with Crippen molar-refractivity contribution in [3.05, 3.63) is 0 Å². The fourth-order valence-electron chi connectivity index (χ4n) is 2.79. The maximum absolute atomic E-state index is 2.52. The maximum atomic E-state index is 2.52. The van der Waals surface area contributed by atoms with Crippen LogP contribution in [0.5, 0.6) is 0 Å². The Kier molecular flexibility index (Phi) is 5.34. The van der Waals surface area contributed by atoms with Crippen molar-refractivity contribution in [3.8, 4) is 0 Å². The zero-order chi connectivity index (χ0) is 12.2. The number of hydrogen-bond donors (Lipinski definition) is 0. The highest BCUT2D eigenvalue weighted by Gasteiger charge is 2.48. The van der Waals surface area contributed by atoms with Crippen molar-refractivity contribution >= 4 is 0 Å². The van der Waals surface area contributed by atoms with Gasteiger partial charge in [0.1, 0.15) is 0 Å². The lowest BCUT2D eigenvalue weighted by Gasteiger charge is -2.18. The van der Waals surface area contributed by atoms with Gasteiger partial charge < -0.3 is 0 Å². The summed E-state index contributed by atoms with van der Waals surface area (Å²) in [5.74, 6) is 2.84. The Morgan fingerprint density at radius 3 is 2.44 bits per heavy atom. The van der Waals surface area contributed by atoms with Gasteiger partial charge in [0.05, 0.1) is 0 Å². The normalized spacial score (nSPS) is 30.8. The lowest BCUT2D eigenvalue weighted by Crippen LogP contribution is -2.07. The molecule has 0 heterocycles. The molecule has 0 N–H and O–H groups in total. The molecule has 0 aromatic rings. The Labute approximate surface area is 103 Å². The summed E-state index contributed by atoms with van der Waals surface area (Å²) in [5.41, 5.74) is 0.733. The van der Waals surface area contributed by atoms with E-state index in [9.17, 15) is 0 Å². The van der Waals surface area contributed by atoms with E-state index in [-0.39, 0.29) is 0 Å². The molecule has 1 saturated carbocycles. The second-order valence-electron chi connectivity index (χ2n) is 6.81. The molecule has 0 radical (unpaired) electrons. The molecule has 0 nitrogen and oxygen atoms in total. The molecule has 3 unspecified atom stereocenters. The van der Waals surface area contributed by atoms with Crippen molar-refractivity contribution in [1.29, 1.82) is 0 Å². The van der Waals surface area contributed by atoms with Gasteiger partial charge in [-0.2, -0.15) is 0 Å². The highest BCUT2D eigenvalue weighted by atomic mass is 14.5. The molecule has 0 aliphatic heterocycles. The van der Waals surface area contributed by atoms with Gasteiger partial charge in [-0.15, -0.1) is 0 Å². The summed E-state index contributed by atoms with van der Waals surface area (Å²) in [6, 6.07) is 0. The summed E-state index contributed by atoms with van der Waals surface area (Å²) in [5, 5.41) is 0. The van der Waals surface area contributed by atoms with Gasteiger partial charge >= 0.3 is 0 Å². The molecule has 1 aliphatic carbocycles. The van der Waals surface area contributed by atoms with E-state index in [1.165, 1.54) is 44.9 Å². The second-order valence-corrected chi connectivity index (χ2v) is 6.81. The van der Waals surface area contributed by atoms with E-state index in [1.54, 1.807) is 0 Å². The third kappa shape index (κ3) is 4.11. The van der Waals surface area contributed by atoms with Crippen LogP contribution in [0.15, 0.2) is 0 Å². The van der Waals surface area contributed by atoms with E-state index in [2.05, 4.69) is 34.6 Å². The summed E-state index contributed by atoms with van der Waals surface area (Å²) >= 11 is 0. The van der Waals surface area contributed by atoms with Crippen LogP contribution in [0.1, 0.15) is 79.6 Å². The van der Waals surface area contributed by atoms with E-state index in [0.29, 0.717) is 0 Å². The Morgan fingerprint density at radius 1 is 1.19 bits per heavy atom. The summed E-state index contributed by atoms with van der Waals surface area (Å²) in [6.45, 7) is 12.0. The number of rotatable bonds is 8. The first-order valence-electron chi connectivity index (χ1n) is 7.49. The van der Waals surface area contributed by atoms with E-state index >= 15 is 0 Å². The summed E-state index contributed by atoms with van der Waals surface area (Å²) in [7, 11) is 0. The molecular formula is C16H32. The zero-order valence-corrected chi connectivity index (χ0v) is 12.2. The smallest absolute Gasteiger partial charge is 0.0294 e. The van der Waals surface area contributed by atoms with Crippen LogP contribution in [0.25, 0.3) is 0 Å². The molecule has 0 amide bonds. The monoisotopic (exact) mass is 224 g/mol. The third-order valence-corrected chi connectivity index (χ3v) is 5.00. The van der Waals surface area contributed by atoms with Gasteiger partial charge in [-0.05, 0) is 48.9 Å². The fraction of sp³-hybridized carbons (Fsp3) is 1.00. The minimum absolute atomic E-state index is 0.733. The molecule has 0 heteroatoms. The van der Waals surface area contributed by atoms with Crippen molar-refractivity contribution in [2.24, 2.45) is 23.2 Å². The Bertz CT molecular complexity index is 194. The first-order chi connectivity index (χ1) is 7.49. The minimum atomic E-state index is 0.733. The predicted octanol–water partition coefficient (Wildman–Crippen LogP) is 5.67. The van der Waals surface area contributed by atoms with Crippen molar-refractivity contribution in [1.82, 2.24) is 0 Å². The SMILES string of the molecule is CCCCCC1CC1(C)CCC(C)C(C)C. The van der Waals surface area contributed by atoms with Gasteiger partial charge in [-0.3, -0.25) is 0 Å². The van der Waals surface area contributed by atoms with Crippen molar-refractivity contribution < 1.29 is 0 Å². The molecule has 16 heavy (non-hydrogen) atoms. The van der Waals surface area contributed by atoms with Crippen LogP contribution in [0.4, 0.5) is 0 Å². The van der Waals surface area contributed by atoms with Crippen LogP contribution >= 0.6 is 0 Å². The van der Waals surface area contributed by atoms with Crippen LogP contribution in [0.2, 0.25) is 0 Å². The van der Waals surface area contributed by atoms with E-state index < -0.39 is 0 Å². The average molecular weight is 224 g/mol. The largest absolute Gasteiger partial charge is 0.0654 e. The van der Waals surface area contributed by atoms with E-state index in [4.69, 9.17) is 0 Å². The molecule has 96 valence electrons. The molecule has 0 aromatic heterocycles. The first kappa shape index (κ1) is 14.1. The Morgan fingerprint density at radius 2 is 1.88 bits per heavy atom. The fourth-order valence-corrected chi connectivity index (χ4v) is 2.79. The lowest BCUT2D eigenvalue weighted by atomic mass is 9.87. The minimum Gasteiger partial charge on any atom is -0.0654 e. The highest BCUT2D eigenvalue weighted by Crippen LogP contribution is 2.58. The van der Waals surface area contributed by atoms with Crippen LogP contribution in [-0.2, 0) is 0 Å². The van der Waals surface area contributed by atoms with Crippen LogP contribution in [0, 0.1) is 23.2 Å². The Balaban J connectivity index is 2.14. The van der Waals surface area contributed by atoms with E-state index in [1.807, 2.05) is 0 Å². The predicted molar refractivity (Wildman–Crippen MR) is 73.6 cm³/mol. The van der Waals surface area contributed by atoms with Crippen molar-refractivity contribution in [3.63, 3.8) is 0 Å². The lowest BCUT2D eigenvalue weighted by molar-refractivity contribution is 0.326. The average Bonchev–Trinajstić information content (AvgIpc) is 2.87. The maximum Gasteiger partial charge on any atom is -0.0294 e. The molecule has 1 aliphatic rings. The molecule has 3 atom stereocenters. The molecule has 0 aromatic carbocycles. The quantitative estimate of drug-likeness (QED) is 0.466. The third-order valence-electron chi connectivity index (χ3n) is 5.00. The molecular weight excluding hydrogens is 192 g/mol. The van der Waals surface area contributed by atoms with Crippen molar-refractivity contribution in [2.45, 2.75) is 79.6 Å². The second kappa shape index (κ2) is 6.07. The van der Waals surface area contributed by atoms with Gasteiger partial charge in [0.15, 0.2) is 0 Å². The zero-order valence-electron chi connectivity index (χ0n) is 12.2. The molecule has 0 saturated heterocycles. The van der Waals surface area contributed by atoms with Gasteiger partial charge in [0.2, 0.25) is 0 Å². The number of unbranched alkanes of at least 4 members (excludes halogenated alkanes) is 2. The summed E-state index contributed by atoms with van der Waals surface area (Å²) in [4.78, 5) is 0. The first-order valence-corrected chi connectivity index (χ1v) is 7.49. The van der Waals surface area contributed by atoms with Gasteiger partial charge in [0.25, 0.3) is 0 Å². The van der Waals surface area contributed by atoms with Gasteiger partial charge in [-0.1, -0.05) is 53.9 Å². The number of hydrogen-bond acceptors (Lipinski definition) is 0. The van der Waals surface area contributed by atoms with Crippen LogP contribution in [0.3, 0.4) is 0 Å². The standard InChI is InChI=1S/C16H32/c1-6-7-8-9-15-12-16(15,5)11-10-14(4)13(2)3/h13-15H,6-12H2,1-5H3. The summed E-state index contributed by atoms with van der Waals surface area (Å²) in [6.07, 6.45) is 10.2. The van der Waals surface area contributed by atoms with Gasteiger partial charge in [-0.25, -0.2) is 0 Å². The molecule has 1 fully saturated rings. The molecule has 1 rings (SSSR count). The Hall–Kier alpha value is 0. The van der Waals surface area contributed by atoms with E-state index in [0.717, 1.165) is 23.2 Å².